The average Bonchev–Trinajstić information content (AvgIpc) is 2.65. The van der Waals surface area contributed by atoms with Gasteiger partial charge in [0, 0.05) is 11.1 Å². The van der Waals surface area contributed by atoms with Crippen molar-refractivity contribution in [1.82, 2.24) is 5.06 Å². The van der Waals surface area contributed by atoms with Crippen LogP contribution < -0.4 is 0 Å². The Hall–Kier alpha value is -2.08. The quantitative estimate of drug-likeness (QED) is 0.666. The number of rotatable bonds is 0. The van der Waals surface area contributed by atoms with Crippen molar-refractivity contribution in [2.45, 2.75) is 38.8 Å². The molecule has 2 aromatic carbocycles. The van der Waals surface area contributed by atoms with Gasteiger partial charge in [0.25, 0.3) is 0 Å². The molecule has 2 aromatic rings. The Labute approximate surface area is 132 Å². The van der Waals surface area contributed by atoms with Gasteiger partial charge in [-0.05, 0) is 63.1 Å². The zero-order valence-electron chi connectivity index (χ0n) is 13.5. The molecular formula is C20H20NO. The lowest BCUT2D eigenvalue weighted by molar-refractivity contribution is -0.266. The maximum absolute atomic E-state index is 12.6. The minimum absolute atomic E-state index is 0.496. The van der Waals surface area contributed by atoms with Gasteiger partial charge in [0.05, 0.1) is 11.1 Å². The van der Waals surface area contributed by atoms with E-state index in [1.807, 2.05) is 70.2 Å². The van der Waals surface area contributed by atoms with Gasteiger partial charge in [-0.1, -0.05) is 36.1 Å². The van der Waals surface area contributed by atoms with Crippen LogP contribution in [0.3, 0.4) is 0 Å². The molecule has 2 nitrogen and oxygen atoms in total. The van der Waals surface area contributed by atoms with Crippen molar-refractivity contribution in [2.24, 2.45) is 0 Å². The summed E-state index contributed by atoms with van der Waals surface area (Å²) < 4.78 is 0. The third-order valence-corrected chi connectivity index (χ3v) is 4.48. The summed E-state index contributed by atoms with van der Waals surface area (Å²) in [6, 6.07) is 16.0. The Morgan fingerprint density at radius 3 is 2.05 bits per heavy atom. The predicted molar refractivity (Wildman–Crippen MR) is 87.4 cm³/mol. The van der Waals surface area contributed by atoms with Crippen LogP contribution in [0.1, 0.15) is 49.9 Å². The average molecular weight is 290 g/mol. The normalized spacial score (nSPS) is 18.4. The van der Waals surface area contributed by atoms with Crippen molar-refractivity contribution < 1.29 is 5.21 Å². The van der Waals surface area contributed by atoms with Gasteiger partial charge in [0.1, 0.15) is 0 Å². The lowest BCUT2D eigenvalue weighted by Crippen LogP contribution is -2.41. The van der Waals surface area contributed by atoms with Crippen LogP contribution in [0.4, 0.5) is 0 Å². The number of fused-ring (bicyclic) bond motifs is 1. The third-order valence-electron chi connectivity index (χ3n) is 4.48. The highest BCUT2D eigenvalue weighted by atomic mass is 16.5. The third kappa shape index (κ3) is 2.23. The first-order chi connectivity index (χ1) is 10.3. The molecule has 0 aliphatic carbocycles. The number of hydrogen-bond donors (Lipinski definition) is 0. The maximum Gasteiger partial charge on any atom is 0.0699 e. The summed E-state index contributed by atoms with van der Waals surface area (Å²) >= 11 is 0. The van der Waals surface area contributed by atoms with Crippen molar-refractivity contribution in [3.63, 3.8) is 0 Å². The molecule has 0 aromatic heterocycles. The minimum Gasteiger partial charge on any atom is -0.135 e. The van der Waals surface area contributed by atoms with Gasteiger partial charge in [-0.2, -0.15) is 0 Å². The minimum atomic E-state index is -0.525. The van der Waals surface area contributed by atoms with E-state index in [-0.39, 0.29) is 0 Å². The van der Waals surface area contributed by atoms with Gasteiger partial charge in [-0.3, -0.25) is 0 Å². The van der Waals surface area contributed by atoms with Gasteiger partial charge in [0.2, 0.25) is 0 Å². The van der Waals surface area contributed by atoms with Crippen LogP contribution in [0.5, 0.6) is 0 Å². The molecule has 1 aliphatic rings. The summed E-state index contributed by atoms with van der Waals surface area (Å²) in [4.78, 5) is 0. The predicted octanol–water partition coefficient (Wildman–Crippen LogP) is 4.22. The molecular weight excluding hydrogens is 270 g/mol. The second-order valence-corrected chi connectivity index (χ2v) is 6.79. The summed E-state index contributed by atoms with van der Waals surface area (Å²) in [6.45, 7) is 7.90. The Kier molecular flexibility index (Phi) is 3.36. The molecule has 2 heteroatoms. The van der Waals surface area contributed by atoms with Crippen LogP contribution in [0.2, 0.25) is 0 Å². The highest BCUT2D eigenvalue weighted by Gasteiger charge is 2.49. The van der Waals surface area contributed by atoms with Crippen LogP contribution in [0, 0.1) is 11.8 Å². The molecule has 0 atom stereocenters. The molecule has 111 valence electrons. The number of hydrogen-bond acceptors (Lipinski definition) is 1. The van der Waals surface area contributed by atoms with E-state index in [2.05, 4.69) is 17.9 Å². The van der Waals surface area contributed by atoms with Crippen LogP contribution in [0.15, 0.2) is 48.5 Å². The molecule has 1 heterocycles. The second-order valence-electron chi connectivity index (χ2n) is 6.79. The van der Waals surface area contributed by atoms with E-state index in [9.17, 15) is 5.21 Å². The summed E-state index contributed by atoms with van der Waals surface area (Å²) in [7, 11) is 0. The van der Waals surface area contributed by atoms with Gasteiger partial charge in [0.15, 0.2) is 0 Å². The van der Waals surface area contributed by atoms with E-state index in [4.69, 9.17) is 0 Å². The molecule has 0 amide bonds. The molecule has 0 saturated carbocycles. The van der Waals surface area contributed by atoms with Crippen molar-refractivity contribution >= 4 is 0 Å². The van der Waals surface area contributed by atoms with Crippen molar-refractivity contribution in [1.29, 1.82) is 0 Å². The SMILES string of the molecule is CC1(C)c2ccc(C#Cc3ccccc3)cc2C(C)(C)N1[O]. The van der Waals surface area contributed by atoms with Crippen molar-refractivity contribution in [3.8, 4) is 11.8 Å². The van der Waals surface area contributed by atoms with Gasteiger partial charge >= 0.3 is 0 Å². The number of nitrogens with zero attached hydrogens (tertiary/aromatic N) is 1. The molecule has 22 heavy (non-hydrogen) atoms. The van der Waals surface area contributed by atoms with E-state index in [1.54, 1.807) is 0 Å². The van der Waals surface area contributed by atoms with Gasteiger partial charge in [-0.25, -0.2) is 0 Å². The molecule has 3 rings (SSSR count). The first-order valence-corrected chi connectivity index (χ1v) is 7.53. The lowest BCUT2D eigenvalue weighted by atomic mass is 9.89. The largest absolute Gasteiger partial charge is 0.135 e. The zero-order valence-corrected chi connectivity index (χ0v) is 13.5. The first kappa shape index (κ1) is 14.8. The topological polar surface area (TPSA) is 23.1 Å². The first-order valence-electron chi connectivity index (χ1n) is 7.53. The highest BCUT2D eigenvalue weighted by Crippen LogP contribution is 2.48. The molecule has 0 unspecified atom stereocenters. The molecule has 0 saturated heterocycles. The van der Waals surface area contributed by atoms with E-state index in [1.165, 1.54) is 5.06 Å². The highest BCUT2D eigenvalue weighted by molar-refractivity contribution is 5.50. The van der Waals surface area contributed by atoms with Crippen LogP contribution >= 0.6 is 0 Å². The van der Waals surface area contributed by atoms with Crippen LogP contribution in [-0.4, -0.2) is 5.06 Å². The maximum atomic E-state index is 12.6. The van der Waals surface area contributed by atoms with Gasteiger partial charge in [-0.15, -0.1) is 10.3 Å². The van der Waals surface area contributed by atoms with Gasteiger partial charge < -0.3 is 0 Å². The smallest absolute Gasteiger partial charge is 0.0699 e. The van der Waals surface area contributed by atoms with Crippen molar-refractivity contribution in [2.75, 3.05) is 0 Å². The molecule has 0 fully saturated rings. The molecule has 0 N–H and O–H groups in total. The standard InChI is InChI=1S/C20H20NO/c1-19(2)17-13-12-16(11-10-15-8-6-5-7-9-15)14-18(17)20(3,4)21(19)22/h5-9,12-14H,1-4H3. The lowest BCUT2D eigenvalue weighted by Gasteiger charge is -2.32. The fourth-order valence-electron chi connectivity index (χ4n) is 3.25. The summed E-state index contributed by atoms with van der Waals surface area (Å²) in [5, 5.41) is 13.8. The van der Waals surface area contributed by atoms with E-state index >= 15 is 0 Å². The number of hydroxylamine groups is 2. The molecule has 1 radical (unpaired) electrons. The molecule has 0 bridgehead atoms. The van der Waals surface area contributed by atoms with Crippen LogP contribution in [0.25, 0.3) is 0 Å². The fraction of sp³-hybridized carbons (Fsp3) is 0.300. The van der Waals surface area contributed by atoms with E-state index in [0.717, 1.165) is 22.3 Å². The second kappa shape index (κ2) is 4.98. The van der Waals surface area contributed by atoms with E-state index in [0.29, 0.717) is 0 Å². The Balaban J connectivity index is 2.03. The Bertz CT molecular complexity index is 763. The summed E-state index contributed by atoms with van der Waals surface area (Å²) in [6.07, 6.45) is 0. The Morgan fingerprint density at radius 2 is 1.36 bits per heavy atom. The van der Waals surface area contributed by atoms with Crippen molar-refractivity contribution in [3.05, 3.63) is 70.8 Å². The Morgan fingerprint density at radius 1 is 0.773 bits per heavy atom. The zero-order chi connectivity index (χ0) is 16.0. The molecule has 0 spiro atoms. The summed E-state index contributed by atoms with van der Waals surface area (Å²) in [5.74, 6) is 6.37. The monoisotopic (exact) mass is 290 g/mol. The summed E-state index contributed by atoms with van der Waals surface area (Å²) in [5.41, 5.74) is 3.09. The van der Waals surface area contributed by atoms with E-state index < -0.39 is 11.1 Å². The number of benzene rings is 2. The molecule has 1 aliphatic heterocycles. The van der Waals surface area contributed by atoms with Crippen LogP contribution in [-0.2, 0) is 16.3 Å². The fourth-order valence-corrected chi connectivity index (χ4v) is 3.25.